The van der Waals surface area contributed by atoms with E-state index in [-0.39, 0.29) is 18.0 Å². The molecule has 1 aromatic heterocycles. The molecule has 90 valence electrons. The summed E-state index contributed by atoms with van der Waals surface area (Å²) in [6, 6.07) is 0.00777. The molecule has 1 rings (SSSR count). The van der Waals surface area contributed by atoms with E-state index in [4.69, 9.17) is 0 Å². The maximum Gasteiger partial charge on any atom is 0.237 e. The Balaban J connectivity index is 2.29. The number of rotatable bonds is 6. The fourth-order valence-corrected chi connectivity index (χ4v) is 1.53. The van der Waals surface area contributed by atoms with Crippen molar-refractivity contribution < 1.29 is 4.79 Å². The van der Waals surface area contributed by atoms with E-state index >= 15 is 0 Å². The Hall–Kier alpha value is -1.01. The van der Waals surface area contributed by atoms with Gasteiger partial charge in [-0.1, -0.05) is 11.4 Å². The lowest BCUT2D eigenvalue weighted by Gasteiger charge is -2.16. The second-order valence-corrected chi connectivity index (χ2v) is 4.43. The van der Waals surface area contributed by atoms with Crippen LogP contribution in [0.4, 0.5) is 0 Å². The fourth-order valence-electron chi connectivity index (χ4n) is 1.08. The number of aromatic nitrogens is 2. The van der Waals surface area contributed by atoms with Gasteiger partial charge in [0.15, 0.2) is 0 Å². The van der Waals surface area contributed by atoms with Gasteiger partial charge in [0.25, 0.3) is 0 Å². The maximum absolute atomic E-state index is 11.7. The SMILES string of the molecule is CCC(C)NC(=O)C(C)NCc1csnn1. The lowest BCUT2D eigenvalue weighted by molar-refractivity contribution is -0.123. The molecular weight excluding hydrogens is 224 g/mol. The Labute approximate surface area is 99.8 Å². The van der Waals surface area contributed by atoms with Gasteiger partial charge in [0.1, 0.15) is 0 Å². The number of hydrogen-bond donors (Lipinski definition) is 2. The van der Waals surface area contributed by atoms with Crippen LogP contribution >= 0.6 is 11.5 Å². The minimum absolute atomic E-state index is 0.0255. The van der Waals surface area contributed by atoms with Gasteiger partial charge in [-0.05, 0) is 31.8 Å². The van der Waals surface area contributed by atoms with Crippen molar-refractivity contribution in [2.24, 2.45) is 0 Å². The molecule has 1 heterocycles. The van der Waals surface area contributed by atoms with E-state index in [9.17, 15) is 4.79 Å². The first-order valence-corrected chi connectivity index (χ1v) is 6.26. The largest absolute Gasteiger partial charge is 0.352 e. The molecule has 1 amide bonds. The van der Waals surface area contributed by atoms with Crippen LogP contribution in [0.1, 0.15) is 32.9 Å². The highest BCUT2D eigenvalue weighted by atomic mass is 32.1. The summed E-state index contributed by atoms with van der Waals surface area (Å²) in [6.07, 6.45) is 0.939. The first kappa shape index (κ1) is 13.1. The number of hydrogen-bond acceptors (Lipinski definition) is 5. The van der Waals surface area contributed by atoms with E-state index in [1.54, 1.807) is 0 Å². The van der Waals surface area contributed by atoms with Crippen LogP contribution in [0.25, 0.3) is 0 Å². The highest BCUT2D eigenvalue weighted by Gasteiger charge is 2.13. The predicted molar refractivity (Wildman–Crippen MR) is 64.1 cm³/mol. The van der Waals surface area contributed by atoms with E-state index in [2.05, 4.69) is 20.2 Å². The summed E-state index contributed by atoms with van der Waals surface area (Å²) in [5.74, 6) is 0.0255. The molecule has 0 fully saturated rings. The average Bonchev–Trinajstić information content (AvgIpc) is 2.78. The smallest absolute Gasteiger partial charge is 0.237 e. The number of carbonyl (C=O) groups excluding carboxylic acids is 1. The van der Waals surface area contributed by atoms with Crippen molar-refractivity contribution >= 4 is 17.4 Å². The van der Waals surface area contributed by atoms with E-state index in [0.29, 0.717) is 6.54 Å². The van der Waals surface area contributed by atoms with Gasteiger partial charge in [-0.15, -0.1) is 5.10 Å². The summed E-state index contributed by atoms with van der Waals surface area (Å²) in [5.41, 5.74) is 0.869. The third-order valence-electron chi connectivity index (χ3n) is 2.39. The molecule has 5 nitrogen and oxygen atoms in total. The second kappa shape index (κ2) is 6.55. The Morgan fingerprint density at radius 2 is 2.31 bits per heavy atom. The average molecular weight is 242 g/mol. The fraction of sp³-hybridized carbons (Fsp3) is 0.700. The number of carbonyl (C=O) groups is 1. The van der Waals surface area contributed by atoms with Crippen molar-refractivity contribution in [1.29, 1.82) is 0 Å². The molecule has 1 aromatic rings. The van der Waals surface area contributed by atoms with Gasteiger partial charge >= 0.3 is 0 Å². The number of nitrogens with zero attached hydrogens (tertiary/aromatic N) is 2. The molecule has 0 aliphatic heterocycles. The quantitative estimate of drug-likeness (QED) is 0.779. The van der Waals surface area contributed by atoms with Crippen molar-refractivity contribution in [2.45, 2.75) is 45.8 Å². The first-order chi connectivity index (χ1) is 7.63. The van der Waals surface area contributed by atoms with E-state index in [0.717, 1.165) is 12.1 Å². The third kappa shape index (κ3) is 4.24. The minimum atomic E-state index is -0.212. The Morgan fingerprint density at radius 3 is 2.88 bits per heavy atom. The lowest BCUT2D eigenvalue weighted by Crippen LogP contribution is -2.45. The van der Waals surface area contributed by atoms with Gasteiger partial charge in [0.2, 0.25) is 5.91 Å². The van der Waals surface area contributed by atoms with Crippen LogP contribution in [0, 0.1) is 0 Å². The number of nitrogens with one attached hydrogen (secondary N) is 2. The molecule has 2 unspecified atom stereocenters. The summed E-state index contributed by atoms with van der Waals surface area (Å²) < 4.78 is 3.76. The van der Waals surface area contributed by atoms with Crippen LogP contribution in [0.15, 0.2) is 5.38 Å². The van der Waals surface area contributed by atoms with Gasteiger partial charge in [-0.25, -0.2) is 0 Å². The molecule has 0 saturated carbocycles. The van der Waals surface area contributed by atoms with Crippen molar-refractivity contribution in [3.8, 4) is 0 Å². The molecule has 2 atom stereocenters. The van der Waals surface area contributed by atoms with Crippen LogP contribution in [-0.2, 0) is 11.3 Å². The molecule has 0 spiro atoms. The summed E-state index contributed by atoms with van der Waals surface area (Å²) in [6.45, 7) is 6.46. The first-order valence-electron chi connectivity index (χ1n) is 5.43. The van der Waals surface area contributed by atoms with Crippen molar-refractivity contribution in [3.63, 3.8) is 0 Å². The Kier molecular flexibility index (Phi) is 5.34. The Bertz CT molecular complexity index is 315. The topological polar surface area (TPSA) is 66.9 Å². The Morgan fingerprint density at radius 1 is 1.56 bits per heavy atom. The van der Waals surface area contributed by atoms with Gasteiger partial charge in [-0.3, -0.25) is 4.79 Å². The minimum Gasteiger partial charge on any atom is -0.352 e. The van der Waals surface area contributed by atoms with Gasteiger partial charge in [-0.2, -0.15) is 0 Å². The monoisotopic (exact) mass is 242 g/mol. The molecule has 0 radical (unpaired) electrons. The zero-order valence-corrected chi connectivity index (χ0v) is 10.7. The zero-order valence-electron chi connectivity index (χ0n) is 9.86. The third-order valence-corrected chi connectivity index (χ3v) is 2.94. The van der Waals surface area contributed by atoms with Crippen LogP contribution in [0.2, 0.25) is 0 Å². The van der Waals surface area contributed by atoms with E-state index in [1.807, 2.05) is 26.2 Å². The summed E-state index contributed by atoms with van der Waals surface area (Å²) in [7, 11) is 0. The standard InChI is InChI=1S/C10H18N4OS/c1-4-7(2)12-10(15)8(3)11-5-9-6-16-14-13-9/h6-8,11H,4-5H2,1-3H3,(H,12,15). The molecule has 0 aromatic carbocycles. The highest BCUT2D eigenvalue weighted by molar-refractivity contribution is 7.03. The maximum atomic E-state index is 11.7. The highest BCUT2D eigenvalue weighted by Crippen LogP contribution is 1.97. The summed E-state index contributed by atoms with van der Waals surface area (Å²) >= 11 is 1.31. The van der Waals surface area contributed by atoms with Gasteiger partial charge in [0.05, 0.1) is 11.7 Å². The molecule has 0 bridgehead atoms. The normalized spacial score (nSPS) is 14.4. The van der Waals surface area contributed by atoms with Gasteiger partial charge in [0, 0.05) is 18.0 Å². The molecule has 2 N–H and O–H groups in total. The molecule has 0 aliphatic rings. The van der Waals surface area contributed by atoms with Crippen LogP contribution < -0.4 is 10.6 Å². The van der Waals surface area contributed by atoms with Crippen LogP contribution in [0.5, 0.6) is 0 Å². The molecule has 0 saturated heterocycles. The van der Waals surface area contributed by atoms with Crippen molar-refractivity contribution in [3.05, 3.63) is 11.1 Å². The van der Waals surface area contributed by atoms with E-state index < -0.39 is 0 Å². The molecule has 0 aliphatic carbocycles. The second-order valence-electron chi connectivity index (χ2n) is 3.82. The van der Waals surface area contributed by atoms with Crippen LogP contribution in [0.3, 0.4) is 0 Å². The van der Waals surface area contributed by atoms with Crippen molar-refractivity contribution in [2.75, 3.05) is 0 Å². The lowest BCUT2D eigenvalue weighted by atomic mass is 10.2. The zero-order chi connectivity index (χ0) is 12.0. The van der Waals surface area contributed by atoms with E-state index in [1.165, 1.54) is 11.5 Å². The van der Waals surface area contributed by atoms with Crippen LogP contribution in [-0.4, -0.2) is 27.6 Å². The molecular formula is C10H18N4OS. The summed E-state index contributed by atoms with van der Waals surface area (Å²) in [5, 5.41) is 11.8. The molecule has 6 heteroatoms. The number of amides is 1. The predicted octanol–water partition coefficient (Wildman–Crippen LogP) is 0.931. The summed E-state index contributed by atoms with van der Waals surface area (Å²) in [4.78, 5) is 11.7. The van der Waals surface area contributed by atoms with Crippen molar-refractivity contribution in [1.82, 2.24) is 20.2 Å². The van der Waals surface area contributed by atoms with Gasteiger partial charge < -0.3 is 10.6 Å². The molecule has 16 heavy (non-hydrogen) atoms.